The lowest BCUT2D eigenvalue weighted by atomic mass is 10.2. The number of nitrogens with zero attached hydrogens (tertiary/aromatic N) is 3. The van der Waals surface area contributed by atoms with Crippen LogP contribution in [0.1, 0.15) is 17.3 Å². The molecule has 0 aliphatic heterocycles. The SMILES string of the molecule is Cc1ccc(S(=O)(=O)N(C)CCNC(=O)Cc2noc(C)n2)cc1. The lowest BCUT2D eigenvalue weighted by Crippen LogP contribution is -2.36. The van der Waals surface area contributed by atoms with Gasteiger partial charge < -0.3 is 9.84 Å². The van der Waals surface area contributed by atoms with E-state index in [4.69, 9.17) is 4.52 Å². The van der Waals surface area contributed by atoms with E-state index < -0.39 is 10.0 Å². The number of hydrogen-bond donors (Lipinski definition) is 1. The van der Waals surface area contributed by atoms with Gasteiger partial charge in [0.2, 0.25) is 21.8 Å². The molecule has 9 heteroatoms. The predicted octanol–water partition coefficient (Wildman–Crippen LogP) is 0.666. The highest BCUT2D eigenvalue weighted by atomic mass is 32.2. The third kappa shape index (κ3) is 4.62. The number of rotatable bonds is 7. The molecular weight excluding hydrogens is 332 g/mol. The van der Waals surface area contributed by atoms with E-state index in [0.29, 0.717) is 11.7 Å². The first-order valence-corrected chi connectivity index (χ1v) is 8.82. The Morgan fingerprint density at radius 2 is 1.92 bits per heavy atom. The summed E-state index contributed by atoms with van der Waals surface area (Å²) in [5.74, 6) is 0.393. The molecule has 0 spiro atoms. The van der Waals surface area contributed by atoms with Gasteiger partial charge in [0, 0.05) is 27.1 Å². The van der Waals surface area contributed by atoms with Crippen LogP contribution >= 0.6 is 0 Å². The molecule has 0 aliphatic rings. The van der Waals surface area contributed by atoms with Crippen LogP contribution < -0.4 is 5.32 Å². The number of carbonyl (C=O) groups is 1. The van der Waals surface area contributed by atoms with Crippen LogP contribution in [-0.4, -0.2) is 48.9 Å². The Kier molecular flexibility index (Phi) is 5.68. The monoisotopic (exact) mass is 352 g/mol. The summed E-state index contributed by atoms with van der Waals surface area (Å²) in [4.78, 5) is 15.9. The Morgan fingerprint density at radius 3 is 2.50 bits per heavy atom. The minimum atomic E-state index is -3.57. The molecule has 0 saturated heterocycles. The zero-order valence-electron chi connectivity index (χ0n) is 13.8. The van der Waals surface area contributed by atoms with Crippen LogP contribution in [0.15, 0.2) is 33.7 Å². The summed E-state index contributed by atoms with van der Waals surface area (Å²) >= 11 is 0. The highest BCUT2D eigenvalue weighted by molar-refractivity contribution is 7.89. The molecule has 0 atom stereocenters. The second kappa shape index (κ2) is 7.54. The molecule has 0 bridgehead atoms. The largest absolute Gasteiger partial charge is 0.354 e. The number of nitrogens with one attached hydrogen (secondary N) is 1. The first-order valence-electron chi connectivity index (χ1n) is 7.38. The Bertz CT molecular complexity index is 799. The second-order valence-electron chi connectivity index (χ2n) is 5.40. The van der Waals surface area contributed by atoms with Crippen molar-refractivity contribution >= 4 is 15.9 Å². The van der Waals surface area contributed by atoms with E-state index in [1.165, 1.54) is 11.4 Å². The van der Waals surface area contributed by atoms with Gasteiger partial charge in [0.1, 0.15) is 0 Å². The van der Waals surface area contributed by atoms with Gasteiger partial charge in [0.25, 0.3) is 0 Å². The van der Waals surface area contributed by atoms with Crippen molar-refractivity contribution in [2.45, 2.75) is 25.2 Å². The van der Waals surface area contributed by atoms with Crippen molar-refractivity contribution in [3.63, 3.8) is 0 Å². The zero-order chi connectivity index (χ0) is 17.7. The molecule has 1 aromatic carbocycles. The van der Waals surface area contributed by atoms with Gasteiger partial charge in [-0.25, -0.2) is 8.42 Å². The van der Waals surface area contributed by atoms with E-state index in [1.807, 2.05) is 6.92 Å². The lowest BCUT2D eigenvalue weighted by molar-refractivity contribution is -0.120. The third-order valence-electron chi connectivity index (χ3n) is 3.37. The third-order valence-corrected chi connectivity index (χ3v) is 5.24. The minimum absolute atomic E-state index is 0.00817. The lowest BCUT2D eigenvalue weighted by Gasteiger charge is -2.17. The van der Waals surface area contributed by atoms with Crippen LogP contribution in [0.4, 0.5) is 0 Å². The highest BCUT2D eigenvalue weighted by Crippen LogP contribution is 2.14. The van der Waals surface area contributed by atoms with E-state index >= 15 is 0 Å². The van der Waals surface area contributed by atoms with Gasteiger partial charge in [-0.15, -0.1) is 0 Å². The molecule has 0 fully saturated rings. The molecule has 1 heterocycles. The number of likely N-dealkylation sites (N-methyl/N-ethyl adjacent to an activating group) is 1. The molecule has 2 aromatic rings. The highest BCUT2D eigenvalue weighted by Gasteiger charge is 2.20. The molecule has 24 heavy (non-hydrogen) atoms. The fourth-order valence-electron chi connectivity index (χ4n) is 1.98. The molecule has 0 aliphatic carbocycles. The summed E-state index contributed by atoms with van der Waals surface area (Å²) in [7, 11) is -2.09. The van der Waals surface area contributed by atoms with Crippen molar-refractivity contribution in [2.75, 3.05) is 20.1 Å². The first kappa shape index (κ1) is 18.1. The van der Waals surface area contributed by atoms with Crippen LogP contribution in [0, 0.1) is 13.8 Å². The summed E-state index contributed by atoms with van der Waals surface area (Å²) < 4.78 is 30.8. The van der Waals surface area contributed by atoms with Crippen LogP contribution in [-0.2, 0) is 21.2 Å². The molecule has 130 valence electrons. The number of amides is 1. The van der Waals surface area contributed by atoms with Gasteiger partial charge in [0.15, 0.2) is 5.82 Å². The summed E-state index contributed by atoms with van der Waals surface area (Å²) in [6, 6.07) is 6.63. The van der Waals surface area contributed by atoms with Gasteiger partial charge in [-0.2, -0.15) is 9.29 Å². The standard InChI is InChI=1S/C15H20N4O4S/c1-11-4-6-13(7-5-11)24(21,22)19(3)9-8-16-15(20)10-14-17-12(2)23-18-14/h4-7H,8-10H2,1-3H3,(H,16,20). The van der Waals surface area contributed by atoms with Crippen molar-refractivity contribution < 1.29 is 17.7 Å². The number of sulfonamides is 1. The van der Waals surface area contributed by atoms with E-state index in [0.717, 1.165) is 5.56 Å². The minimum Gasteiger partial charge on any atom is -0.354 e. The molecule has 0 radical (unpaired) electrons. The molecule has 1 N–H and O–H groups in total. The maximum atomic E-state index is 12.4. The number of hydrogen-bond acceptors (Lipinski definition) is 6. The van der Waals surface area contributed by atoms with Crippen molar-refractivity contribution in [1.82, 2.24) is 19.8 Å². The molecule has 2 rings (SSSR count). The van der Waals surface area contributed by atoms with Crippen molar-refractivity contribution in [3.8, 4) is 0 Å². The van der Waals surface area contributed by atoms with Crippen LogP contribution in [0.25, 0.3) is 0 Å². The van der Waals surface area contributed by atoms with E-state index in [1.54, 1.807) is 31.2 Å². The van der Waals surface area contributed by atoms with Crippen LogP contribution in [0.2, 0.25) is 0 Å². The van der Waals surface area contributed by atoms with E-state index in [9.17, 15) is 13.2 Å². The summed E-state index contributed by atoms with van der Waals surface area (Å²) in [5, 5.41) is 6.27. The van der Waals surface area contributed by atoms with Crippen molar-refractivity contribution in [3.05, 3.63) is 41.5 Å². The fraction of sp³-hybridized carbons (Fsp3) is 0.400. The van der Waals surface area contributed by atoms with E-state index in [2.05, 4.69) is 15.5 Å². The average Bonchev–Trinajstić information content (AvgIpc) is 2.92. The predicted molar refractivity (Wildman–Crippen MR) is 86.7 cm³/mol. The Balaban J connectivity index is 1.84. The fourth-order valence-corrected chi connectivity index (χ4v) is 3.15. The number of carbonyl (C=O) groups excluding carboxylic acids is 1. The van der Waals surface area contributed by atoms with Crippen LogP contribution in [0.5, 0.6) is 0 Å². The van der Waals surface area contributed by atoms with Gasteiger partial charge in [-0.05, 0) is 19.1 Å². The molecular formula is C15H20N4O4S. The molecule has 8 nitrogen and oxygen atoms in total. The Hall–Kier alpha value is -2.26. The summed E-state index contributed by atoms with van der Waals surface area (Å²) in [6.45, 7) is 3.88. The maximum Gasteiger partial charge on any atom is 0.242 e. The summed E-state index contributed by atoms with van der Waals surface area (Å²) in [5.41, 5.74) is 0.987. The molecule has 1 amide bonds. The number of aryl methyl sites for hydroxylation is 2. The van der Waals surface area contributed by atoms with Crippen molar-refractivity contribution in [2.24, 2.45) is 0 Å². The average molecular weight is 352 g/mol. The normalized spacial score (nSPS) is 11.7. The number of benzene rings is 1. The van der Waals surface area contributed by atoms with E-state index in [-0.39, 0.29) is 30.3 Å². The van der Waals surface area contributed by atoms with Gasteiger partial charge in [0.05, 0.1) is 11.3 Å². The molecule has 0 unspecified atom stereocenters. The maximum absolute atomic E-state index is 12.4. The Morgan fingerprint density at radius 1 is 1.25 bits per heavy atom. The van der Waals surface area contributed by atoms with Gasteiger partial charge in [-0.3, -0.25) is 4.79 Å². The Labute approximate surface area is 140 Å². The second-order valence-corrected chi connectivity index (χ2v) is 7.44. The number of aromatic nitrogens is 2. The van der Waals surface area contributed by atoms with Crippen LogP contribution in [0.3, 0.4) is 0 Å². The van der Waals surface area contributed by atoms with Crippen molar-refractivity contribution in [1.29, 1.82) is 0 Å². The molecule has 0 saturated carbocycles. The zero-order valence-corrected chi connectivity index (χ0v) is 14.6. The van der Waals surface area contributed by atoms with Gasteiger partial charge in [-0.1, -0.05) is 22.9 Å². The first-order chi connectivity index (χ1) is 11.3. The quantitative estimate of drug-likeness (QED) is 0.785. The molecule has 1 aromatic heterocycles. The summed E-state index contributed by atoms with van der Waals surface area (Å²) in [6.07, 6.45) is -0.00817. The smallest absolute Gasteiger partial charge is 0.242 e. The topological polar surface area (TPSA) is 105 Å². The van der Waals surface area contributed by atoms with Gasteiger partial charge >= 0.3 is 0 Å².